The number of ether oxygens (including phenoxy) is 4. The first-order chi connectivity index (χ1) is 19.1. The van der Waals surface area contributed by atoms with Crippen LogP contribution in [0.25, 0.3) is 11.1 Å². The van der Waals surface area contributed by atoms with Crippen LogP contribution in [-0.4, -0.2) is 62.0 Å². The number of aromatic nitrogens is 1. The van der Waals surface area contributed by atoms with Gasteiger partial charge in [0, 0.05) is 49.3 Å². The van der Waals surface area contributed by atoms with E-state index in [1.54, 1.807) is 44.6 Å². The number of pyridine rings is 1. The van der Waals surface area contributed by atoms with Gasteiger partial charge in [-0.3, -0.25) is 4.98 Å². The lowest BCUT2D eigenvalue weighted by Crippen LogP contribution is -2.48. The van der Waals surface area contributed by atoms with Crippen molar-refractivity contribution in [2.24, 2.45) is 0 Å². The number of amides is 1. The van der Waals surface area contributed by atoms with Gasteiger partial charge in [-0.05, 0) is 87.2 Å². The predicted octanol–water partition coefficient (Wildman–Crippen LogP) is 6.32. The van der Waals surface area contributed by atoms with Crippen LogP contribution in [0.1, 0.15) is 39.2 Å². The second-order valence-electron chi connectivity index (χ2n) is 10.8. The van der Waals surface area contributed by atoms with Crippen LogP contribution in [0.15, 0.2) is 54.9 Å². The molecular formula is C31H38FN3O5. The van der Waals surface area contributed by atoms with Crippen LogP contribution in [0.3, 0.4) is 0 Å². The van der Waals surface area contributed by atoms with Crippen molar-refractivity contribution in [2.45, 2.75) is 51.8 Å². The molecule has 1 aromatic heterocycles. The summed E-state index contributed by atoms with van der Waals surface area (Å²) in [6.07, 6.45) is 4.87. The summed E-state index contributed by atoms with van der Waals surface area (Å²) in [5, 5.41) is 0. The first-order valence-electron chi connectivity index (χ1n) is 13.4. The standard InChI is InChI=1S/C31H38FN3O5/c1-31(2,3)40-30(36)34-13-11-26(12-14-34)35(25-9-7-24(32)8-10-25)20-21-15-23(19-33-18-21)22-16-27(37-4)29(39-6)28(17-22)38-5/h7-10,15-19,26H,11-14,20H2,1-6H3. The number of carbonyl (C=O) groups excluding carboxylic acids is 1. The first-order valence-corrected chi connectivity index (χ1v) is 13.4. The van der Waals surface area contributed by atoms with Gasteiger partial charge in [-0.25, -0.2) is 9.18 Å². The summed E-state index contributed by atoms with van der Waals surface area (Å²) in [4.78, 5) is 21.2. The molecule has 1 aliphatic heterocycles. The summed E-state index contributed by atoms with van der Waals surface area (Å²) in [6.45, 7) is 7.34. The van der Waals surface area contributed by atoms with Crippen molar-refractivity contribution in [2.75, 3.05) is 39.3 Å². The number of nitrogens with zero attached hydrogens (tertiary/aromatic N) is 3. The van der Waals surface area contributed by atoms with Crippen LogP contribution in [0.2, 0.25) is 0 Å². The monoisotopic (exact) mass is 551 g/mol. The van der Waals surface area contributed by atoms with Gasteiger partial charge in [-0.2, -0.15) is 0 Å². The van der Waals surface area contributed by atoms with Crippen molar-refractivity contribution in [1.82, 2.24) is 9.88 Å². The number of methoxy groups -OCH3 is 3. The van der Waals surface area contributed by atoms with E-state index in [9.17, 15) is 9.18 Å². The Bertz CT molecular complexity index is 1280. The lowest BCUT2D eigenvalue weighted by atomic mass is 10.0. The summed E-state index contributed by atoms with van der Waals surface area (Å²) in [5.41, 5.74) is 3.14. The number of carbonyl (C=O) groups is 1. The number of anilines is 1. The van der Waals surface area contributed by atoms with Gasteiger partial charge in [-0.1, -0.05) is 0 Å². The van der Waals surface area contributed by atoms with Gasteiger partial charge in [0.2, 0.25) is 5.75 Å². The third-order valence-corrected chi connectivity index (χ3v) is 6.86. The molecule has 0 saturated carbocycles. The summed E-state index contributed by atoms with van der Waals surface area (Å²) >= 11 is 0. The maximum atomic E-state index is 13.8. The van der Waals surface area contributed by atoms with Crippen molar-refractivity contribution < 1.29 is 28.1 Å². The fraction of sp³-hybridized carbons (Fsp3) is 0.419. The second kappa shape index (κ2) is 12.4. The summed E-state index contributed by atoms with van der Waals surface area (Å²) in [5.74, 6) is 1.37. The molecule has 0 spiro atoms. The van der Waals surface area contributed by atoms with Crippen LogP contribution in [0.5, 0.6) is 17.2 Å². The highest BCUT2D eigenvalue weighted by atomic mass is 19.1. The van der Waals surface area contributed by atoms with Crippen molar-refractivity contribution in [3.05, 3.63) is 66.2 Å². The molecule has 0 N–H and O–H groups in total. The Labute approximate surface area is 235 Å². The molecule has 1 amide bonds. The number of halogens is 1. The number of hydrogen-bond donors (Lipinski definition) is 0. The second-order valence-corrected chi connectivity index (χ2v) is 10.8. The Kier molecular flexibility index (Phi) is 9.02. The maximum Gasteiger partial charge on any atom is 0.410 e. The molecule has 3 aromatic rings. The molecule has 0 bridgehead atoms. The normalized spacial score (nSPS) is 14.0. The quantitative estimate of drug-likeness (QED) is 0.324. The average Bonchev–Trinajstić information content (AvgIpc) is 2.95. The zero-order valence-electron chi connectivity index (χ0n) is 24.1. The van der Waals surface area contributed by atoms with Crippen LogP contribution in [0.4, 0.5) is 14.9 Å². The van der Waals surface area contributed by atoms with E-state index >= 15 is 0 Å². The van der Waals surface area contributed by atoms with E-state index in [4.69, 9.17) is 18.9 Å². The fourth-order valence-corrected chi connectivity index (χ4v) is 4.93. The fourth-order valence-electron chi connectivity index (χ4n) is 4.93. The smallest absolute Gasteiger partial charge is 0.410 e. The Morgan fingerprint density at radius 2 is 1.57 bits per heavy atom. The van der Waals surface area contributed by atoms with Gasteiger partial charge in [-0.15, -0.1) is 0 Å². The minimum atomic E-state index is -0.538. The molecule has 0 radical (unpaired) electrons. The van der Waals surface area contributed by atoms with E-state index in [1.807, 2.05) is 39.1 Å². The Hall–Kier alpha value is -4.01. The van der Waals surface area contributed by atoms with Crippen LogP contribution < -0.4 is 19.1 Å². The number of likely N-dealkylation sites (tertiary alicyclic amines) is 1. The van der Waals surface area contributed by atoms with Crippen molar-refractivity contribution in [1.29, 1.82) is 0 Å². The maximum absolute atomic E-state index is 13.8. The first kappa shape index (κ1) is 29.0. The minimum Gasteiger partial charge on any atom is -0.493 e. The van der Waals surface area contributed by atoms with Crippen molar-refractivity contribution in [3.63, 3.8) is 0 Å². The predicted molar refractivity (Wildman–Crippen MR) is 153 cm³/mol. The number of hydrogen-bond acceptors (Lipinski definition) is 7. The molecular weight excluding hydrogens is 513 g/mol. The Morgan fingerprint density at radius 3 is 2.12 bits per heavy atom. The third-order valence-electron chi connectivity index (χ3n) is 6.86. The molecule has 2 heterocycles. The van der Waals surface area contributed by atoms with E-state index in [2.05, 4.69) is 16.0 Å². The van der Waals surface area contributed by atoms with Gasteiger partial charge in [0.05, 0.1) is 21.3 Å². The molecule has 1 saturated heterocycles. The molecule has 1 fully saturated rings. The third kappa shape index (κ3) is 6.94. The van der Waals surface area contributed by atoms with Gasteiger partial charge < -0.3 is 28.7 Å². The Balaban J connectivity index is 1.59. The Morgan fingerprint density at radius 1 is 0.950 bits per heavy atom. The van der Waals surface area contributed by atoms with Gasteiger partial charge in [0.25, 0.3) is 0 Å². The molecule has 0 atom stereocenters. The summed E-state index contributed by atoms with van der Waals surface area (Å²) in [7, 11) is 4.75. The molecule has 4 rings (SSSR count). The van der Waals surface area contributed by atoms with Crippen LogP contribution in [-0.2, 0) is 11.3 Å². The highest BCUT2D eigenvalue weighted by Gasteiger charge is 2.30. The summed E-state index contributed by atoms with van der Waals surface area (Å²) in [6, 6.07) is 12.6. The molecule has 0 aliphatic carbocycles. The van der Waals surface area contributed by atoms with Gasteiger partial charge >= 0.3 is 6.09 Å². The number of benzene rings is 2. The average molecular weight is 552 g/mol. The molecule has 2 aromatic carbocycles. The lowest BCUT2D eigenvalue weighted by molar-refractivity contribution is 0.0204. The van der Waals surface area contributed by atoms with E-state index in [0.29, 0.717) is 36.9 Å². The highest BCUT2D eigenvalue weighted by molar-refractivity contribution is 5.71. The van der Waals surface area contributed by atoms with E-state index in [0.717, 1.165) is 35.2 Å². The number of rotatable bonds is 8. The SMILES string of the molecule is COc1cc(-c2cncc(CN(c3ccc(F)cc3)C3CCN(C(=O)OC(C)(C)C)CC3)c2)cc(OC)c1OC. The van der Waals surface area contributed by atoms with E-state index in [-0.39, 0.29) is 18.0 Å². The summed E-state index contributed by atoms with van der Waals surface area (Å²) < 4.78 is 35.9. The highest BCUT2D eigenvalue weighted by Crippen LogP contribution is 2.41. The van der Waals surface area contributed by atoms with E-state index < -0.39 is 5.60 Å². The van der Waals surface area contributed by atoms with E-state index in [1.165, 1.54) is 12.1 Å². The lowest BCUT2D eigenvalue weighted by Gasteiger charge is -2.40. The minimum absolute atomic E-state index is 0.147. The topological polar surface area (TPSA) is 73.4 Å². The van der Waals surface area contributed by atoms with Crippen LogP contribution in [0, 0.1) is 5.82 Å². The molecule has 0 unspecified atom stereocenters. The van der Waals surface area contributed by atoms with Crippen molar-refractivity contribution >= 4 is 11.8 Å². The largest absolute Gasteiger partial charge is 0.493 e. The zero-order chi connectivity index (χ0) is 28.9. The molecule has 9 heteroatoms. The molecule has 1 aliphatic rings. The zero-order valence-corrected chi connectivity index (χ0v) is 24.1. The number of piperidine rings is 1. The van der Waals surface area contributed by atoms with Crippen molar-refractivity contribution in [3.8, 4) is 28.4 Å². The van der Waals surface area contributed by atoms with Gasteiger partial charge in [0.1, 0.15) is 11.4 Å². The van der Waals surface area contributed by atoms with Gasteiger partial charge in [0.15, 0.2) is 11.5 Å². The molecule has 40 heavy (non-hydrogen) atoms. The molecule has 8 nitrogen and oxygen atoms in total. The van der Waals surface area contributed by atoms with Crippen LogP contribution >= 0.6 is 0 Å². The molecule has 214 valence electrons.